The van der Waals surface area contributed by atoms with E-state index < -0.39 is 5.82 Å². The van der Waals surface area contributed by atoms with Crippen molar-refractivity contribution in [1.29, 1.82) is 0 Å². The fourth-order valence-electron chi connectivity index (χ4n) is 1.59. The minimum atomic E-state index is -0.510. The molecule has 0 aliphatic rings. The fourth-order valence-corrected chi connectivity index (χ4v) is 1.93. The number of nitrogens with zero attached hydrogens (tertiary/aromatic N) is 3. The van der Waals surface area contributed by atoms with Crippen LogP contribution in [0.25, 0.3) is 0 Å². The Labute approximate surface area is 114 Å². The summed E-state index contributed by atoms with van der Waals surface area (Å²) in [6.07, 6.45) is 1.05. The summed E-state index contributed by atoms with van der Waals surface area (Å²) in [5, 5.41) is 0.659. The van der Waals surface area contributed by atoms with Gasteiger partial charge >= 0.3 is 0 Å². The monoisotopic (exact) mass is 285 g/mol. The van der Waals surface area contributed by atoms with Gasteiger partial charge in [-0.15, -0.1) is 0 Å². The Morgan fingerprint density at radius 2 is 2.11 bits per heavy atom. The van der Waals surface area contributed by atoms with Gasteiger partial charge in [0.05, 0.1) is 6.20 Å². The van der Waals surface area contributed by atoms with Crippen LogP contribution in [-0.4, -0.2) is 17.0 Å². The maximum absolute atomic E-state index is 13.6. The molecule has 0 aliphatic heterocycles. The highest BCUT2D eigenvalue weighted by Crippen LogP contribution is 2.19. The Bertz CT molecular complexity index is 563. The lowest BCUT2D eigenvalue weighted by Gasteiger charge is -2.18. The van der Waals surface area contributed by atoms with Crippen LogP contribution in [0.15, 0.2) is 30.5 Å². The quantitative estimate of drug-likeness (QED) is 0.808. The van der Waals surface area contributed by atoms with E-state index in [-0.39, 0.29) is 11.1 Å². The molecule has 0 fully saturated rings. The summed E-state index contributed by atoms with van der Waals surface area (Å²) >= 11 is 11.5. The van der Waals surface area contributed by atoms with Gasteiger partial charge in [-0.1, -0.05) is 23.7 Å². The van der Waals surface area contributed by atoms with Crippen LogP contribution in [-0.2, 0) is 6.54 Å². The van der Waals surface area contributed by atoms with Gasteiger partial charge in [-0.25, -0.2) is 9.37 Å². The number of hydrogen-bond acceptors (Lipinski definition) is 3. The molecule has 2 aromatic rings. The third-order valence-electron chi connectivity index (χ3n) is 2.37. The Morgan fingerprint density at radius 1 is 1.33 bits per heavy atom. The van der Waals surface area contributed by atoms with Crippen molar-refractivity contribution in [1.82, 2.24) is 9.97 Å². The number of aromatic nitrogens is 2. The molecule has 0 aliphatic carbocycles. The van der Waals surface area contributed by atoms with Gasteiger partial charge in [-0.3, -0.25) is 0 Å². The molecule has 1 aromatic heterocycles. The first kappa shape index (κ1) is 13.1. The molecule has 18 heavy (non-hydrogen) atoms. The van der Waals surface area contributed by atoms with Gasteiger partial charge in [0.25, 0.3) is 0 Å². The molecule has 0 amide bonds. The van der Waals surface area contributed by atoms with Gasteiger partial charge in [0.15, 0.2) is 11.6 Å². The van der Waals surface area contributed by atoms with E-state index >= 15 is 0 Å². The zero-order valence-electron chi connectivity index (χ0n) is 9.57. The highest BCUT2D eigenvalue weighted by Gasteiger charge is 2.11. The second-order valence-electron chi connectivity index (χ2n) is 3.80. The molecule has 0 atom stereocenters. The van der Waals surface area contributed by atoms with Crippen LogP contribution < -0.4 is 4.90 Å². The molecular formula is C12H10Cl2FN3. The van der Waals surface area contributed by atoms with Crippen molar-refractivity contribution in [3.8, 4) is 0 Å². The third kappa shape index (κ3) is 3.09. The van der Waals surface area contributed by atoms with Crippen LogP contribution in [0.2, 0.25) is 10.3 Å². The van der Waals surface area contributed by atoms with Gasteiger partial charge in [0, 0.05) is 18.6 Å². The molecule has 0 saturated heterocycles. The van der Waals surface area contributed by atoms with E-state index in [1.54, 1.807) is 18.0 Å². The van der Waals surface area contributed by atoms with E-state index in [0.29, 0.717) is 11.6 Å². The van der Waals surface area contributed by atoms with E-state index in [2.05, 4.69) is 9.97 Å². The molecule has 0 radical (unpaired) electrons. The van der Waals surface area contributed by atoms with Crippen molar-refractivity contribution in [3.05, 3.63) is 52.1 Å². The summed E-state index contributed by atoms with van der Waals surface area (Å²) < 4.78 is 13.6. The van der Waals surface area contributed by atoms with Crippen LogP contribution in [0, 0.1) is 5.82 Å². The Kier molecular flexibility index (Phi) is 3.99. The smallest absolute Gasteiger partial charge is 0.224 e. The van der Waals surface area contributed by atoms with Crippen LogP contribution in [0.5, 0.6) is 0 Å². The van der Waals surface area contributed by atoms with Crippen LogP contribution in [0.4, 0.5) is 10.2 Å². The van der Waals surface area contributed by atoms with Crippen molar-refractivity contribution in [2.24, 2.45) is 0 Å². The van der Waals surface area contributed by atoms with E-state index in [1.165, 1.54) is 0 Å². The highest BCUT2D eigenvalue weighted by molar-refractivity contribution is 6.30. The average Bonchev–Trinajstić information content (AvgIpc) is 2.32. The van der Waals surface area contributed by atoms with Crippen molar-refractivity contribution >= 4 is 29.0 Å². The molecule has 1 aromatic carbocycles. The van der Waals surface area contributed by atoms with E-state index in [4.69, 9.17) is 23.2 Å². The van der Waals surface area contributed by atoms with Crippen molar-refractivity contribution in [2.45, 2.75) is 6.54 Å². The van der Waals surface area contributed by atoms with Gasteiger partial charge in [0.1, 0.15) is 0 Å². The van der Waals surface area contributed by atoms with E-state index in [0.717, 1.165) is 11.8 Å². The number of hydrogen-bond donors (Lipinski definition) is 0. The summed E-state index contributed by atoms with van der Waals surface area (Å²) in [5.74, 6) is -0.348. The minimum Gasteiger partial charge on any atom is -0.353 e. The molecule has 0 N–H and O–H groups in total. The van der Waals surface area contributed by atoms with E-state index in [1.807, 2.05) is 18.2 Å². The lowest BCUT2D eigenvalue weighted by molar-refractivity contribution is 0.607. The largest absolute Gasteiger partial charge is 0.353 e. The van der Waals surface area contributed by atoms with Gasteiger partial charge < -0.3 is 4.90 Å². The first-order valence-corrected chi connectivity index (χ1v) is 5.95. The lowest BCUT2D eigenvalue weighted by atomic mass is 10.2. The second-order valence-corrected chi connectivity index (χ2v) is 4.57. The maximum Gasteiger partial charge on any atom is 0.224 e. The molecule has 0 saturated carbocycles. The molecule has 0 bridgehead atoms. The first-order chi connectivity index (χ1) is 8.56. The summed E-state index contributed by atoms with van der Waals surface area (Å²) in [6, 6.07) is 7.35. The van der Waals surface area contributed by atoms with Crippen molar-refractivity contribution < 1.29 is 4.39 Å². The predicted molar refractivity (Wildman–Crippen MR) is 70.6 cm³/mol. The normalized spacial score (nSPS) is 10.4. The summed E-state index contributed by atoms with van der Waals surface area (Å²) in [7, 11) is 1.72. The zero-order valence-corrected chi connectivity index (χ0v) is 11.1. The van der Waals surface area contributed by atoms with Gasteiger partial charge in [0.2, 0.25) is 5.28 Å². The molecule has 2 rings (SSSR count). The highest BCUT2D eigenvalue weighted by atomic mass is 35.5. The molecule has 0 unspecified atom stereocenters. The van der Waals surface area contributed by atoms with Crippen LogP contribution >= 0.6 is 23.2 Å². The number of rotatable bonds is 3. The van der Waals surface area contributed by atoms with E-state index in [9.17, 15) is 4.39 Å². The molecule has 3 nitrogen and oxygen atoms in total. The molecule has 0 spiro atoms. The van der Waals surface area contributed by atoms with Gasteiger partial charge in [-0.05, 0) is 29.3 Å². The number of halogens is 3. The Balaban J connectivity index is 2.21. The first-order valence-electron chi connectivity index (χ1n) is 5.20. The summed E-state index contributed by atoms with van der Waals surface area (Å²) in [6.45, 7) is 0.477. The second kappa shape index (κ2) is 5.50. The maximum atomic E-state index is 13.6. The molecule has 94 valence electrons. The Hall–Kier alpha value is -1.39. The summed E-state index contributed by atoms with van der Waals surface area (Å²) in [4.78, 5) is 9.09. The predicted octanol–water partition coefficient (Wildman–Crippen LogP) is 3.56. The average molecular weight is 286 g/mol. The summed E-state index contributed by atoms with van der Waals surface area (Å²) in [5.41, 5.74) is 0.958. The SMILES string of the molecule is CN(Cc1cccc(Cl)c1)c1nc(Cl)ncc1F. The standard InChI is InChI=1S/C12H10Cl2FN3/c1-18(7-8-3-2-4-9(13)5-8)11-10(15)6-16-12(14)17-11/h2-6H,7H2,1H3. The third-order valence-corrected chi connectivity index (χ3v) is 2.78. The minimum absolute atomic E-state index is 0.0179. The van der Waals surface area contributed by atoms with Gasteiger partial charge in [-0.2, -0.15) is 4.98 Å². The van der Waals surface area contributed by atoms with Crippen molar-refractivity contribution in [2.75, 3.05) is 11.9 Å². The number of benzene rings is 1. The molecule has 1 heterocycles. The fraction of sp³-hybridized carbons (Fsp3) is 0.167. The Morgan fingerprint density at radius 3 is 2.83 bits per heavy atom. The molecule has 6 heteroatoms. The number of anilines is 1. The zero-order chi connectivity index (χ0) is 13.1. The van der Waals surface area contributed by atoms with Crippen LogP contribution in [0.3, 0.4) is 0 Å². The topological polar surface area (TPSA) is 29.0 Å². The lowest BCUT2D eigenvalue weighted by Crippen LogP contribution is -2.19. The molecular weight excluding hydrogens is 276 g/mol. The van der Waals surface area contributed by atoms with Crippen molar-refractivity contribution in [3.63, 3.8) is 0 Å². The van der Waals surface area contributed by atoms with Crippen LogP contribution in [0.1, 0.15) is 5.56 Å².